The molecule has 3 heteroatoms. The molecule has 0 unspecified atom stereocenters. The molecule has 0 heterocycles. The van der Waals surface area contributed by atoms with Crippen molar-refractivity contribution in [3.05, 3.63) is 33.7 Å². The van der Waals surface area contributed by atoms with Crippen molar-refractivity contribution < 1.29 is 33.8 Å². The van der Waals surface area contributed by atoms with Gasteiger partial charge in [0.15, 0.2) is 0 Å². The zero-order valence-electron chi connectivity index (χ0n) is 6.82. The van der Waals surface area contributed by atoms with Crippen LogP contribution >= 0.6 is 0 Å². The zero-order chi connectivity index (χ0) is 7.40. The predicted octanol–water partition coefficient (Wildman–Crippen LogP) is -3.28. The Kier molecular flexibility index (Phi) is 9.16. The number of hydrogen-bond donors (Lipinski definition) is 0. The van der Waals surface area contributed by atoms with Crippen LogP contribution in [-0.4, -0.2) is 0 Å². The van der Waals surface area contributed by atoms with Gasteiger partial charge in [0.1, 0.15) is 0 Å². The van der Waals surface area contributed by atoms with E-state index < -0.39 is 0 Å². The van der Waals surface area contributed by atoms with Gasteiger partial charge in [0, 0.05) is 0 Å². The van der Waals surface area contributed by atoms with Crippen LogP contribution in [0.1, 0.15) is 19.3 Å². The van der Waals surface area contributed by atoms with Gasteiger partial charge in [0.25, 0.3) is 0 Å². The van der Waals surface area contributed by atoms with Gasteiger partial charge in [-0.15, -0.1) is 0 Å². The Hall–Kier alpha value is -0.0499. The fourth-order valence-electron chi connectivity index (χ4n) is 1.04. The molecule has 0 aliphatic heterocycles. The quantitative estimate of drug-likeness (QED) is 0.375. The van der Waals surface area contributed by atoms with Crippen LogP contribution < -0.4 is 9.41 Å². The van der Waals surface area contributed by atoms with Crippen molar-refractivity contribution in [3.8, 4) is 0 Å². The number of hydrogen-bond acceptors (Lipinski definition) is 0. The van der Waals surface area contributed by atoms with E-state index in [4.69, 9.17) is 0 Å². The molecule has 0 amide bonds. The van der Waals surface area contributed by atoms with E-state index in [-0.39, 0.29) is 9.41 Å². The molecule has 0 fully saturated rings. The van der Waals surface area contributed by atoms with Crippen molar-refractivity contribution in [2.45, 2.75) is 19.3 Å². The molecule has 0 atom stereocenters. The molecule has 0 nitrogen and oxygen atoms in total. The molecule has 0 aromatic carbocycles. The van der Waals surface area contributed by atoms with Gasteiger partial charge in [-0.05, 0) is 0 Å². The Labute approximate surface area is 86.7 Å². The summed E-state index contributed by atoms with van der Waals surface area (Å²) in [6.07, 6.45) is 10.1. The summed E-state index contributed by atoms with van der Waals surface area (Å²) in [7, 11) is 0. The van der Waals surface area contributed by atoms with Gasteiger partial charge in [0.2, 0.25) is 0 Å². The van der Waals surface area contributed by atoms with Crippen LogP contribution in [0.3, 0.4) is 0 Å². The third-order valence-corrected chi connectivity index (χ3v) is 3.53. The molecule has 0 bridgehead atoms. The molecule has 0 aromatic rings. The largest absolute Gasteiger partial charge is 1.00 e. The summed E-state index contributed by atoms with van der Waals surface area (Å²) in [5.41, 5.74) is 1.58. The first-order valence-corrected chi connectivity index (χ1v) is 5.35. The minimum Gasteiger partial charge on any atom is -1.00 e. The van der Waals surface area contributed by atoms with Gasteiger partial charge in [-0.1, -0.05) is 0 Å². The molecular formula is C9H11F2Hf. The third-order valence-electron chi connectivity index (χ3n) is 1.65. The number of halogens is 2. The third kappa shape index (κ3) is 4.10. The average molecular weight is 336 g/mol. The summed E-state index contributed by atoms with van der Waals surface area (Å²) >= 11 is 1.24. The summed E-state index contributed by atoms with van der Waals surface area (Å²) in [6.45, 7) is 3.71. The van der Waals surface area contributed by atoms with Crippen molar-refractivity contribution in [1.29, 1.82) is 0 Å². The van der Waals surface area contributed by atoms with E-state index >= 15 is 0 Å². The van der Waals surface area contributed by atoms with E-state index in [1.165, 1.54) is 37.2 Å². The van der Waals surface area contributed by atoms with Crippen LogP contribution in [0.15, 0.2) is 33.7 Å². The van der Waals surface area contributed by atoms with E-state index in [1.807, 2.05) is 6.08 Å². The molecule has 12 heavy (non-hydrogen) atoms. The maximum absolute atomic E-state index is 3.71. The van der Waals surface area contributed by atoms with Crippen LogP contribution in [0, 0.1) is 0 Å². The van der Waals surface area contributed by atoms with Crippen LogP contribution in [0.2, 0.25) is 0 Å². The molecule has 1 rings (SSSR count). The summed E-state index contributed by atoms with van der Waals surface area (Å²) in [5, 5.41) is 0. The Morgan fingerprint density at radius 1 is 1.50 bits per heavy atom. The van der Waals surface area contributed by atoms with E-state index in [9.17, 15) is 0 Å². The monoisotopic (exact) mass is 337 g/mol. The van der Waals surface area contributed by atoms with Gasteiger partial charge >= 0.3 is 77.3 Å². The van der Waals surface area contributed by atoms with Crippen LogP contribution in [0.25, 0.3) is 0 Å². The molecule has 0 radical (unpaired) electrons. The molecule has 0 N–H and O–H groups in total. The minimum absolute atomic E-state index is 0. The van der Waals surface area contributed by atoms with Gasteiger partial charge in [-0.3, -0.25) is 0 Å². The van der Waals surface area contributed by atoms with Gasteiger partial charge in [0.05, 0.1) is 0 Å². The second-order valence-corrected chi connectivity index (χ2v) is 4.61. The Morgan fingerprint density at radius 2 is 2.17 bits per heavy atom. The second kappa shape index (κ2) is 7.59. The molecule has 0 saturated heterocycles. The first-order valence-electron chi connectivity index (χ1n) is 3.55. The summed E-state index contributed by atoms with van der Waals surface area (Å²) in [4.78, 5) is 0. The number of allylic oxidation sites excluding steroid dienone is 5. The average Bonchev–Trinajstić information content (AvgIpc) is 2.31. The minimum atomic E-state index is 0. The van der Waals surface area contributed by atoms with Crippen LogP contribution in [0.4, 0.5) is 0 Å². The van der Waals surface area contributed by atoms with E-state index in [1.54, 1.807) is 8.90 Å². The normalized spacial score (nSPS) is 13.8. The summed E-state index contributed by atoms with van der Waals surface area (Å²) in [5.74, 6) is 0. The van der Waals surface area contributed by atoms with Crippen LogP contribution in [-0.2, 0) is 24.4 Å². The van der Waals surface area contributed by atoms with E-state index in [0.717, 1.165) is 6.42 Å². The molecular weight excluding hydrogens is 325 g/mol. The van der Waals surface area contributed by atoms with Crippen molar-refractivity contribution in [2.24, 2.45) is 0 Å². The van der Waals surface area contributed by atoms with Crippen molar-refractivity contribution in [3.63, 3.8) is 0 Å². The molecule has 0 saturated carbocycles. The maximum atomic E-state index is 3.71. The summed E-state index contributed by atoms with van der Waals surface area (Å²) in [6, 6.07) is 0. The van der Waals surface area contributed by atoms with E-state index in [0.29, 0.717) is 0 Å². The fraction of sp³-hybridized carbons (Fsp3) is 0.333. The Morgan fingerprint density at radius 3 is 2.58 bits per heavy atom. The maximum Gasteiger partial charge on any atom is -1.00 e. The standard InChI is InChI=1S/C9H11.2FH.Hf/c1-2-3-6-9-7-4-5-8-9;;;/h2,4,7H,1,3,5-6H2;2*1H;/q;;;+2/p-2. The Bertz CT molecular complexity index is 195. The smallest absolute Gasteiger partial charge is 1.00 e. The van der Waals surface area contributed by atoms with Gasteiger partial charge < -0.3 is 9.41 Å². The van der Waals surface area contributed by atoms with E-state index in [2.05, 4.69) is 18.7 Å². The summed E-state index contributed by atoms with van der Waals surface area (Å²) < 4.78 is 1.67. The fourth-order valence-corrected chi connectivity index (χ4v) is 2.21. The molecule has 1 aliphatic rings. The first-order chi connectivity index (χ1) is 4.84. The molecule has 65 valence electrons. The van der Waals surface area contributed by atoms with Gasteiger partial charge in [-0.2, -0.15) is 0 Å². The molecule has 0 aromatic heterocycles. The van der Waals surface area contributed by atoms with Crippen molar-refractivity contribution >= 4 is 0 Å². The molecule has 1 aliphatic carbocycles. The SMILES string of the molecule is C=CCCC1=[C]([Hf+2])CC=C1.[F-].[F-]. The Balaban J connectivity index is 0. The predicted molar refractivity (Wildman–Crippen MR) is 40.2 cm³/mol. The number of rotatable bonds is 3. The van der Waals surface area contributed by atoms with Gasteiger partial charge in [-0.25, -0.2) is 0 Å². The van der Waals surface area contributed by atoms with Crippen molar-refractivity contribution in [2.75, 3.05) is 0 Å². The van der Waals surface area contributed by atoms with Crippen LogP contribution in [0.5, 0.6) is 0 Å². The first kappa shape index (κ1) is 14.5. The zero-order valence-corrected chi connectivity index (χ0v) is 10.4. The molecule has 0 spiro atoms. The topological polar surface area (TPSA) is 0 Å². The second-order valence-electron chi connectivity index (χ2n) is 2.44. The van der Waals surface area contributed by atoms with Crippen molar-refractivity contribution in [1.82, 2.24) is 0 Å².